The molecule has 0 radical (unpaired) electrons. The Balaban J connectivity index is 1.37. The van der Waals surface area contributed by atoms with Gasteiger partial charge < -0.3 is 9.64 Å². The first-order chi connectivity index (χ1) is 11.8. The Bertz CT molecular complexity index is 533. The highest BCUT2D eigenvalue weighted by atomic mass is 16.5. The highest BCUT2D eigenvalue weighted by molar-refractivity contribution is 5.78. The number of morpholine rings is 1. The molecule has 0 spiro atoms. The van der Waals surface area contributed by atoms with E-state index in [1.807, 2.05) is 11.0 Å². The molecule has 0 aromatic heterocycles. The molecule has 2 fully saturated rings. The lowest BCUT2D eigenvalue weighted by atomic mass is 10.2. The standard InChI is InChI=1S/C19H27N3O2/c23-19(17-21-13-15-24-16-14-21)22-11-9-20(10-12-22)8-4-7-18-5-2-1-3-6-18/h1-7H,8-17H2/b7-4+. The Morgan fingerprint density at radius 2 is 1.67 bits per heavy atom. The van der Waals surface area contributed by atoms with E-state index in [9.17, 15) is 4.79 Å². The fourth-order valence-corrected chi connectivity index (χ4v) is 3.13. The van der Waals surface area contributed by atoms with Crippen LogP contribution in [0.3, 0.4) is 0 Å². The number of ether oxygens (including phenoxy) is 1. The normalized spacial score (nSPS) is 20.6. The molecule has 24 heavy (non-hydrogen) atoms. The predicted molar refractivity (Wildman–Crippen MR) is 95.8 cm³/mol. The Kier molecular flexibility index (Phi) is 6.41. The van der Waals surface area contributed by atoms with Crippen LogP contribution in [0.1, 0.15) is 5.56 Å². The molecular weight excluding hydrogens is 302 g/mol. The molecule has 5 nitrogen and oxygen atoms in total. The molecule has 2 saturated heterocycles. The molecule has 2 aliphatic heterocycles. The molecule has 130 valence electrons. The van der Waals surface area contributed by atoms with Gasteiger partial charge in [-0.1, -0.05) is 42.5 Å². The van der Waals surface area contributed by atoms with E-state index in [2.05, 4.69) is 46.2 Å². The first kappa shape index (κ1) is 17.1. The van der Waals surface area contributed by atoms with Crippen LogP contribution in [-0.4, -0.2) is 86.2 Å². The molecule has 0 saturated carbocycles. The minimum atomic E-state index is 0.261. The molecule has 3 rings (SSSR count). The molecule has 0 aliphatic carbocycles. The second-order valence-electron chi connectivity index (χ2n) is 6.38. The average molecular weight is 329 g/mol. The highest BCUT2D eigenvalue weighted by Crippen LogP contribution is 2.06. The van der Waals surface area contributed by atoms with E-state index in [0.29, 0.717) is 6.54 Å². The van der Waals surface area contributed by atoms with Crippen molar-refractivity contribution >= 4 is 12.0 Å². The number of piperazine rings is 1. The van der Waals surface area contributed by atoms with Crippen LogP contribution < -0.4 is 0 Å². The number of benzene rings is 1. The first-order valence-corrected chi connectivity index (χ1v) is 8.83. The molecule has 0 atom stereocenters. The summed E-state index contributed by atoms with van der Waals surface area (Å²) in [6.07, 6.45) is 4.37. The van der Waals surface area contributed by atoms with Crippen molar-refractivity contribution in [2.24, 2.45) is 0 Å². The van der Waals surface area contributed by atoms with Gasteiger partial charge in [-0.2, -0.15) is 0 Å². The summed E-state index contributed by atoms with van der Waals surface area (Å²) in [6, 6.07) is 10.4. The molecule has 1 amide bonds. The van der Waals surface area contributed by atoms with Gasteiger partial charge in [0.1, 0.15) is 0 Å². The van der Waals surface area contributed by atoms with Crippen molar-refractivity contribution in [1.82, 2.24) is 14.7 Å². The summed E-state index contributed by atoms with van der Waals surface area (Å²) >= 11 is 0. The predicted octanol–water partition coefficient (Wildman–Crippen LogP) is 1.18. The lowest BCUT2D eigenvalue weighted by Crippen LogP contribution is -2.52. The van der Waals surface area contributed by atoms with Gasteiger partial charge in [0.25, 0.3) is 0 Å². The largest absolute Gasteiger partial charge is 0.379 e. The number of rotatable bonds is 5. The van der Waals surface area contributed by atoms with Gasteiger partial charge in [0.15, 0.2) is 0 Å². The fourth-order valence-electron chi connectivity index (χ4n) is 3.13. The van der Waals surface area contributed by atoms with Gasteiger partial charge in [0.2, 0.25) is 5.91 Å². The second kappa shape index (κ2) is 8.97. The quantitative estimate of drug-likeness (QED) is 0.813. The van der Waals surface area contributed by atoms with Crippen LogP contribution in [0.5, 0.6) is 0 Å². The fraction of sp³-hybridized carbons (Fsp3) is 0.526. The van der Waals surface area contributed by atoms with Gasteiger partial charge in [0.05, 0.1) is 19.8 Å². The number of carbonyl (C=O) groups is 1. The highest BCUT2D eigenvalue weighted by Gasteiger charge is 2.22. The van der Waals surface area contributed by atoms with E-state index >= 15 is 0 Å². The van der Waals surface area contributed by atoms with Crippen LogP contribution in [-0.2, 0) is 9.53 Å². The number of hydrogen-bond acceptors (Lipinski definition) is 4. The summed E-state index contributed by atoms with van der Waals surface area (Å²) < 4.78 is 5.33. The zero-order chi connectivity index (χ0) is 16.6. The van der Waals surface area contributed by atoms with Gasteiger partial charge in [-0.15, -0.1) is 0 Å². The van der Waals surface area contributed by atoms with Crippen molar-refractivity contribution in [3.8, 4) is 0 Å². The van der Waals surface area contributed by atoms with Gasteiger partial charge >= 0.3 is 0 Å². The summed E-state index contributed by atoms with van der Waals surface area (Å²) in [7, 11) is 0. The van der Waals surface area contributed by atoms with Crippen molar-refractivity contribution in [2.45, 2.75) is 0 Å². The van der Waals surface area contributed by atoms with Gasteiger partial charge in [-0.05, 0) is 5.56 Å². The Morgan fingerprint density at radius 3 is 2.38 bits per heavy atom. The minimum Gasteiger partial charge on any atom is -0.379 e. The van der Waals surface area contributed by atoms with Crippen molar-refractivity contribution in [3.63, 3.8) is 0 Å². The van der Waals surface area contributed by atoms with Crippen LogP contribution >= 0.6 is 0 Å². The maximum absolute atomic E-state index is 12.4. The number of hydrogen-bond donors (Lipinski definition) is 0. The Hall–Kier alpha value is -1.69. The third-order valence-electron chi connectivity index (χ3n) is 4.66. The second-order valence-corrected chi connectivity index (χ2v) is 6.38. The van der Waals surface area contributed by atoms with E-state index in [-0.39, 0.29) is 5.91 Å². The smallest absolute Gasteiger partial charge is 0.236 e. The van der Waals surface area contributed by atoms with Crippen molar-refractivity contribution < 1.29 is 9.53 Å². The Labute approximate surface area is 144 Å². The molecule has 1 aromatic rings. The topological polar surface area (TPSA) is 36.0 Å². The lowest BCUT2D eigenvalue weighted by molar-refractivity contribution is -0.135. The molecule has 5 heteroatoms. The molecule has 0 N–H and O–H groups in total. The number of carbonyl (C=O) groups excluding carboxylic acids is 1. The SMILES string of the molecule is O=C(CN1CCOCC1)N1CCN(C/C=C/c2ccccc2)CC1. The molecule has 2 aliphatic rings. The summed E-state index contributed by atoms with van der Waals surface area (Å²) in [4.78, 5) is 19.0. The third-order valence-corrected chi connectivity index (χ3v) is 4.66. The first-order valence-electron chi connectivity index (χ1n) is 8.83. The van der Waals surface area contributed by atoms with Crippen LogP contribution in [0.15, 0.2) is 36.4 Å². The lowest BCUT2D eigenvalue weighted by Gasteiger charge is -2.36. The van der Waals surface area contributed by atoms with E-state index in [1.54, 1.807) is 0 Å². The zero-order valence-corrected chi connectivity index (χ0v) is 14.3. The van der Waals surface area contributed by atoms with E-state index in [0.717, 1.165) is 59.0 Å². The Morgan fingerprint density at radius 1 is 0.958 bits per heavy atom. The van der Waals surface area contributed by atoms with Crippen LogP contribution in [0.25, 0.3) is 6.08 Å². The molecule has 0 unspecified atom stereocenters. The maximum atomic E-state index is 12.4. The van der Waals surface area contributed by atoms with Crippen LogP contribution in [0.4, 0.5) is 0 Å². The van der Waals surface area contributed by atoms with Crippen molar-refractivity contribution in [2.75, 3.05) is 65.6 Å². The summed E-state index contributed by atoms with van der Waals surface area (Å²) in [5.74, 6) is 0.261. The monoisotopic (exact) mass is 329 g/mol. The minimum absolute atomic E-state index is 0.261. The van der Waals surface area contributed by atoms with E-state index < -0.39 is 0 Å². The maximum Gasteiger partial charge on any atom is 0.236 e. The van der Waals surface area contributed by atoms with Gasteiger partial charge in [-0.25, -0.2) is 0 Å². The summed E-state index contributed by atoms with van der Waals surface area (Å²) in [6.45, 7) is 8.29. The molecular formula is C19H27N3O2. The number of nitrogens with zero attached hydrogens (tertiary/aromatic N) is 3. The molecule has 1 aromatic carbocycles. The van der Waals surface area contributed by atoms with Crippen LogP contribution in [0.2, 0.25) is 0 Å². The average Bonchev–Trinajstić information content (AvgIpc) is 2.64. The number of amides is 1. The van der Waals surface area contributed by atoms with Crippen molar-refractivity contribution in [3.05, 3.63) is 42.0 Å². The summed E-state index contributed by atoms with van der Waals surface area (Å²) in [5.41, 5.74) is 1.23. The zero-order valence-electron chi connectivity index (χ0n) is 14.3. The summed E-state index contributed by atoms with van der Waals surface area (Å²) in [5, 5.41) is 0. The third kappa shape index (κ3) is 5.16. The van der Waals surface area contributed by atoms with Gasteiger partial charge in [-0.3, -0.25) is 14.6 Å². The van der Waals surface area contributed by atoms with Gasteiger partial charge in [0, 0.05) is 45.8 Å². The van der Waals surface area contributed by atoms with Crippen molar-refractivity contribution in [1.29, 1.82) is 0 Å². The van der Waals surface area contributed by atoms with E-state index in [1.165, 1.54) is 5.56 Å². The van der Waals surface area contributed by atoms with Crippen LogP contribution in [0, 0.1) is 0 Å². The van der Waals surface area contributed by atoms with E-state index in [4.69, 9.17) is 4.74 Å². The molecule has 2 heterocycles. The molecule has 0 bridgehead atoms.